The van der Waals surface area contributed by atoms with E-state index in [4.69, 9.17) is 0 Å². The van der Waals surface area contributed by atoms with E-state index in [0.29, 0.717) is 11.3 Å². The summed E-state index contributed by atoms with van der Waals surface area (Å²) >= 11 is 0. The van der Waals surface area contributed by atoms with Gasteiger partial charge in [-0.05, 0) is 19.1 Å². The third-order valence-corrected chi connectivity index (χ3v) is 1.52. The molecule has 0 spiro atoms. The highest BCUT2D eigenvalue weighted by Gasteiger charge is 1.99. The average molecular weight is 178 g/mol. The van der Waals surface area contributed by atoms with Gasteiger partial charge in [-0.1, -0.05) is 12.1 Å². The number of rotatable bonds is 2. The Morgan fingerprint density at radius 3 is 2.62 bits per heavy atom. The number of anilines is 1. The van der Waals surface area contributed by atoms with Crippen LogP contribution in [0.4, 0.5) is 10.5 Å². The summed E-state index contributed by atoms with van der Waals surface area (Å²) in [5.41, 5.74) is 0.805. The Kier molecular flexibility index (Phi) is 2.64. The maximum Gasteiger partial charge on any atom is 0.159 e. The molecule has 0 saturated carbocycles. The van der Waals surface area contributed by atoms with Crippen LogP contribution in [-0.4, -0.2) is 11.9 Å². The molecule has 1 aromatic carbocycles. The lowest BCUT2D eigenvalue weighted by atomic mass is 10.1. The molecule has 0 atom stereocenters. The molecule has 0 bridgehead atoms. The average Bonchev–Trinajstić information content (AvgIpc) is 2.03. The Bertz CT molecular complexity index is 346. The number of Topliss-reactive ketones (excluding diaryl/α,β-unsaturated/α-hetero) is 1. The van der Waals surface area contributed by atoms with Crippen molar-refractivity contribution < 1.29 is 14.7 Å². The normalized spacial score (nSPS) is 9.31. The fourth-order valence-corrected chi connectivity index (χ4v) is 0.934. The number of carbonyl (C=O) groups excluding carboxylic acids is 2. The highest BCUT2D eigenvalue weighted by Crippen LogP contribution is 2.10. The molecule has 0 unspecified atom stereocenters. The number of benzene rings is 1. The van der Waals surface area contributed by atoms with Gasteiger partial charge in [0.05, 0.1) is 0 Å². The standard InChI is InChI=1S/C9H9NO3/c1-6(11)7-3-2-4-8(5-7)10-9(12)13/h2-5,10H,1H3,(H,12,13)/p-1. The molecule has 13 heavy (non-hydrogen) atoms. The van der Waals surface area contributed by atoms with Crippen LogP contribution < -0.4 is 10.4 Å². The molecule has 0 saturated heterocycles. The van der Waals surface area contributed by atoms with Crippen molar-refractivity contribution in [2.24, 2.45) is 0 Å². The van der Waals surface area contributed by atoms with Crippen LogP contribution in [-0.2, 0) is 0 Å². The Labute approximate surface area is 75.2 Å². The van der Waals surface area contributed by atoms with Gasteiger partial charge in [0, 0.05) is 11.3 Å². The summed E-state index contributed by atoms with van der Waals surface area (Å²) in [4.78, 5) is 21.0. The van der Waals surface area contributed by atoms with Gasteiger partial charge < -0.3 is 15.2 Å². The van der Waals surface area contributed by atoms with E-state index in [1.54, 1.807) is 18.2 Å². The van der Waals surface area contributed by atoms with Gasteiger partial charge in [-0.3, -0.25) is 4.79 Å². The van der Waals surface area contributed by atoms with E-state index in [1.807, 2.05) is 0 Å². The Morgan fingerprint density at radius 2 is 2.08 bits per heavy atom. The number of carboxylic acid groups (broad SMARTS) is 1. The quantitative estimate of drug-likeness (QED) is 0.676. The van der Waals surface area contributed by atoms with Gasteiger partial charge in [-0.2, -0.15) is 0 Å². The van der Waals surface area contributed by atoms with Crippen molar-refractivity contribution in [2.45, 2.75) is 6.92 Å². The number of amides is 1. The second-order valence-electron chi connectivity index (χ2n) is 2.55. The third-order valence-electron chi connectivity index (χ3n) is 1.52. The van der Waals surface area contributed by atoms with Crippen molar-refractivity contribution in [2.75, 3.05) is 5.32 Å². The molecule has 0 aliphatic heterocycles. The van der Waals surface area contributed by atoms with Crippen LogP contribution in [0.3, 0.4) is 0 Å². The van der Waals surface area contributed by atoms with Crippen molar-refractivity contribution in [3.05, 3.63) is 29.8 Å². The van der Waals surface area contributed by atoms with Crippen LogP contribution in [0.25, 0.3) is 0 Å². The summed E-state index contributed by atoms with van der Waals surface area (Å²) in [6.07, 6.45) is -1.39. The third kappa shape index (κ3) is 2.59. The number of hydrogen-bond acceptors (Lipinski definition) is 3. The van der Waals surface area contributed by atoms with Gasteiger partial charge in [-0.15, -0.1) is 0 Å². The van der Waals surface area contributed by atoms with Crippen LogP contribution in [0.15, 0.2) is 24.3 Å². The Morgan fingerprint density at radius 1 is 1.38 bits per heavy atom. The molecule has 0 aromatic heterocycles. The summed E-state index contributed by atoms with van der Waals surface area (Å²) in [5.74, 6) is -0.109. The van der Waals surface area contributed by atoms with E-state index in [0.717, 1.165) is 0 Å². The first-order valence-electron chi connectivity index (χ1n) is 3.68. The molecule has 0 fully saturated rings. The smallest absolute Gasteiger partial charge is 0.159 e. The first-order valence-corrected chi connectivity index (χ1v) is 3.68. The van der Waals surface area contributed by atoms with E-state index in [9.17, 15) is 14.7 Å². The van der Waals surface area contributed by atoms with Gasteiger partial charge in [0.25, 0.3) is 0 Å². The minimum absolute atomic E-state index is 0.109. The minimum Gasteiger partial charge on any atom is -0.530 e. The molecule has 0 heterocycles. The second-order valence-corrected chi connectivity index (χ2v) is 2.55. The van der Waals surface area contributed by atoms with Crippen LogP contribution in [0.5, 0.6) is 0 Å². The van der Waals surface area contributed by atoms with Gasteiger partial charge in [0.15, 0.2) is 5.78 Å². The van der Waals surface area contributed by atoms with E-state index >= 15 is 0 Å². The van der Waals surface area contributed by atoms with Gasteiger partial charge >= 0.3 is 0 Å². The zero-order chi connectivity index (χ0) is 9.84. The zero-order valence-corrected chi connectivity index (χ0v) is 7.03. The fourth-order valence-electron chi connectivity index (χ4n) is 0.934. The summed E-state index contributed by atoms with van der Waals surface area (Å²) in [6.45, 7) is 1.41. The molecule has 1 amide bonds. The lowest BCUT2D eigenvalue weighted by Crippen LogP contribution is -2.28. The first kappa shape index (κ1) is 9.25. The Hall–Kier alpha value is -1.84. The molecule has 0 radical (unpaired) electrons. The molecule has 1 aromatic rings. The number of hydrogen-bond donors (Lipinski definition) is 1. The molecule has 4 heteroatoms. The summed E-state index contributed by atoms with van der Waals surface area (Å²) in [7, 11) is 0. The predicted octanol–water partition coefficient (Wildman–Crippen LogP) is 0.644. The molecule has 0 aliphatic carbocycles. The van der Waals surface area contributed by atoms with Crippen LogP contribution >= 0.6 is 0 Å². The monoisotopic (exact) mass is 178 g/mol. The number of ketones is 1. The van der Waals surface area contributed by atoms with Crippen LogP contribution in [0.2, 0.25) is 0 Å². The highest BCUT2D eigenvalue weighted by molar-refractivity contribution is 5.95. The lowest BCUT2D eigenvalue weighted by Gasteiger charge is -2.06. The van der Waals surface area contributed by atoms with E-state index in [-0.39, 0.29) is 5.78 Å². The molecule has 1 rings (SSSR count). The second kappa shape index (κ2) is 3.71. The van der Waals surface area contributed by atoms with E-state index < -0.39 is 6.09 Å². The molecular weight excluding hydrogens is 170 g/mol. The molecule has 68 valence electrons. The van der Waals surface area contributed by atoms with Crippen molar-refractivity contribution in [3.8, 4) is 0 Å². The number of carbonyl (C=O) groups is 2. The summed E-state index contributed by atoms with van der Waals surface area (Å²) < 4.78 is 0. The van der Waals surface area contributed by atoms with E-state index in [2.05, 4.69) is 5.32 Å². The van der Waals surface area contributed by atoms with Gasteiger partial charge in [-0.25, -0.2) is 0 Å². The molecular formula is C9H8NO3-. The molecule has 0 aliphatic rings. The summed E-state index contributed by atoms with van der Waals surface area (Å²) in [5, 5.41) is 12.2. The minimum atomic E-state index is -1.39. The predicted molar refractivity (Wildman–Crippen MR) is 45.5 cm³/mol. The van der Waals surface area contributed by atoms with Crippen LogP contribution in [0, 0.1) is 0 Å². The Balaban J connectivity index is 2.91. The van der Waals surface area contributed by atoms with Crippen LogP contribution in [0.1, 0.15) is 17.3 Å². The maximum atomic E-state index is 10.9. The maximum absolute atomic E-state index is 10.9. The SMILES string of the molecule is CC(=O)c1cccc(NC(=O)[O-])c1. The molecule has 4 nitrogen and oxygen atoms in total. The van der Waals surface area contributed by atoms with Gasteiger partial charge in [0.1, 0.15) is 6.09 Å². The largest absolute Gasteiger partial charge is 0.530 e. The highest BCUT2D eigenvalue weighted by atomic mass is 16.4. The zero-order valence-electron chi connectivity index (χ0n) is 7.03. The van der Waals surface area contributed by atoms with Gasteiger partial charge in [0.2, 0.25) is 0 Å². The summed E-state index contributed by atoms with van der Waals surface area (Å²) in [6, 6.07) is 6.21. The number of nitrogens with one attached hydrogen (secondary N) is 1. The fraction of sp³-hybridized carbons (Fsp3) is 0.111. The first-order chi connectivity index (χ1) is 6.09. The topological polar surface area (TPSA) is 69.2 Å². The molecule has 1 N–H and O–H groups in total. The van der Waals surface area contributed by atoms with Crippen molar-refractivity contribution >= 4 is 17.6 Å². The van der Waals surface area contributed by atoms with Crippen molar-refractivity contribution in [1.82, 2.24) is 0 Å². The van der Waals surface area contributed by atoms with E-state index in [1.165, 1.54) is 13.0 Å². The lowest BCUT2D eigenvalue weighted by molar-refractivity contribution is -0.242. The van der Waals surface area contributed by atoms with Crippen molar-refractivity contribution in [3.63, 3.8) is 0 Å². The van der Waals surface area contributed by atoms with Crippen molar-refractivity contribution in [1.29, 1.82) is 0 Å².